The summed E-state index contributed by atoms with van der Waals surface area (Å²) < 4.78 is 57.7. The number of nitrogens with two attached hydrogens (primary N) is 1. The van der Waals surface area contributed by atoms with Crippen molar-refractivity contribution in [1.82, 2.24) is 15.1 Å². The van der Waals surface area contributed by atoms with E-state index in [-0.39, 0.29) is 17.5 Å². The van der Waals surface area contributed by atoms with E-state index in [4.69, 9.17) is 10.3 Å². The van der Waals surface area contributed by atoms with E-state index in [0.29, 0.717) is 22.5 Å². The first-order valence-corrected chi connectivity index (χ1v) is 8.83. The Balaban J connectivity index is 1.75. The summed E-state index contributed by atoms with van der Waals surface area (Å²) in [6.07, 6.45) is -0.333. The van der Waals surface area contributed by atoms with Crippen LogP contribution in [0.3, 0.4) is 0 Å². The second-order valence-electron chi connectivity index (χ2n) is 6.43. The minimum Gasteiger partial charge on any atom is -0.399 e. The number of aromatic nitrogens is 3. The molecular weight excluding hydrogens is 416 g/mol. The van der Waals surface area contributed by atoms with Gasteiger partial charge in [-0.15, -0.1) is 0 Å². The lowest BCUT2D eigenvalue weighted by atomic mass is 10.1. The fourth-order valence-corrected chi connectivity index (χ4v) is 2.75. The molecule has 0 unspecified atom stereocenters. The van der Waals surface area contributed by atoms with Gasteiger partial charge in [0.15, 0.2) is 0 Å². The van der Waals surface area contributed by atoms with Crippen molar-refractivity contribution < 1.29 is 22.1 Å². The zero-order chi connectivity index (χ0) is 22.0. The second-order valence-corrected chi connectivity index (χ2v) is 6.43. The standard InChI is InChI=1S/C20H14F4N6O/c21-16-6-5-13(25)7-17(16)29-18-15(11-1-3-12(4-2-11)20(22,23)24)9-26-19(30-18)28-14-8-27-31-10-14/h1-10H,25H2,(H2,26,28,29,30). The van der Waals surface area contributed by atoms with E-state index in [9.17, 15) is 17.6 Å². The van der Waals surface area contributed by atoms with Crippen LogP contribution in [0.1, 0.15) is 5.56 Å². The quantitative estimate of drug-likeness (QED) is 0.289. The van der Waals surface area contributed by atoms with Gasteiger partial charge in [0.05, 0.1) is 17.4 Å². The van der Waals surface area contributed by atoms with Gasteiger partial charge in [-0.3, -0.25) is 0 Å². The van der Waals surface area contributed by atoms with E-state index in [2.05, 4.69) is 25.8 Å². The van der Waals surface area contributed by atoms with Crippen LogP contribution in [0.5, 0.6) is 0 Å². The monoisotopic (exact) mass is 430 g/mol. The highest BCUT2D eigenvalue weighted by Gasteiger charge is 2.30. The van der Waals surface area contributed by atoms with E-state index >= 15 is 0 Å². The number of nitrogens with one attached hydrogen (secondary N) is 2. The molecule has 31 heavy (non-hydrogen) atoms. The molecule has 0 fully saturated rings. The molecule has 0 radical (unpaired) electrons. The molecule has 0 saturated carbocycles. The van der Waals surface area contributed by atoms with Gasteiger partial charge in [-0.2, -0.15) is 18.2 Å². The Labute approximate surface area is 172 Å². The van der Waals surface area contributed by atoms with Gasteiger partial charge in [-0.1, -0.05) is 17.3 Å². The maximum atomic E-state index is 14.3. The third-order valence-corrected chi connectivity index (χ3v) is 4.24. The molecule has 0 bridgehead atoms. The maximum absolute atomic E-state index is 14.3. The fraction of sp³-hybridized carbons (Fsp3) is 0.0500. The van der Waals surface area contributed by atoms with E-state index in [1.807, 2.05) is 0 Å². The molecule has 4 aromatic rings. The highest BCUT2D eigenvalue weighted by molar-refractivity contribution is 5.79. The summed E-state index contributed by atoms with van der Waals surface area (Å²) in [5.74, 6) is -0.302. The largest absolute Gasteiger partial charge is 0.416 e. The second kappa shape index (κ2) is 7.94. The number of hydrogen-bond acceptors (Lipinski definition) is 7. The van der Waals surface area contributed by atoms with Gasteiger partial charge in [0, 0.05) is 17.4 Å². The van der Waals surface area contributed by atoms with E-state index in [0.717, 1.165) is 12.1 Å². The maximum Gasteiger partial charge on any atom is 0.416 e. The summed E-state index contributed by atoms with van der Waals surface area (Å²) in [5, 5.41) is 9.25. The lowest BCUT2D eigenvalue weighted by Gasteiger charge is -2.14. The van der Waals surface area contributed by atoms with Gasteiger partial charge in [-0.25, -0.2) is 9.37 Å². The topological polar surface area (TPSA) is 102 Å². The number of alkyl halides is 3. The van der Waals surface area contributed by atoms with Gasteiger partial charge in [0.2, 0.25) is 5.95 Å². The molecule has 158 valence electrons. The average molecular weight is 430 g/mol. The molecule has 11 heteroatoms. The van der Waals surface area contributed by atoms with Crippen molar-refractivity contribution in [2.45, 2.75) is 6.18 Å². The number of nitrogen functional groups attached to an aromatic ring is 1. The Bertz CT molecular complexity index is 1190. The number of anilines is 5. The third-order valence-electron chi connectivity index (χ3n) is 4.24. The van der Waals surface area contributed by atoms with E-state index < -0.39 is 17.6 Å². The van der Waals surface area contributed by atoms with Crippen LogP contribution in [-0.2, 0) is 6.18 Å². The molecule has 7 nitrogen and oxygen atoms in total. The molecule has 0 saturated heterocycles. The van der Waals surface area contributed by atoms with Gasteiger partial charge >= 0.3 is 6.18 Å². The highest BCUT2D eigenvalue weighted by atomic mass is 19.4. The van der Waals surface area contributed by atoms with Crippen LogP contribution in [0.25, 0.3) is 11.1 Å². The van der Waals surface area contributed by atoms with Gasteiger partial charge < -0.3 is 20.9 Å². The first-order chi connectivity index (χ1) is 14.8. The summed E-state index contributed by atoms with van der Waals surface area (Å²) in [7, 11) is 0. The Morgan fingerprint density at radius 2 is 1.74 bits per heavy atom. The Kier molecular flexibility index (Phi) is 5.15. The SMILES string of the molecule is Nc1ccc(F)c(Nc2nc(Nc3cnoc3)ncc2-c2ccc(C(F)(F)F)cc2)c1. The highest BCUT2D eigenvalue weighted by Crippen LogP contribution is 2.34. The summed E-state index contributed by atoms with van der Waals surface area (Å²) >= 11 is 0. The van der Waals surface area contributed by atoms with Crippen LogP contribution in [0.15, 0.2) is 65.6 Å². The number of nitrogens with zero attached hydrogens (tertiary/aromatic N) is 3. The first kappa shape index (κ1) is 20.1. The minimum atomic E-state index is -4.47. The smallest absolute Gasteiger partial charge is 0.399 e. The predicted molar refractivity (Wildman–Crippen MR) is 106 cm³/mol. The molecule has 2 heterocycles. The Morgan fingerprint density at radius 1 is 0.968 bits per heavy atom. The number of halogens is 4. The molecule has 4 N–H and O–H groups in total. The predicted octanol–water partition coefficient (Wildman–Crippen LogP) is 5.36. The summed E-state index contributed by atoms with van der Waals surface area (Å²) in [4.78, 5) is 8.50. The molecular formula is C20H14F4N6O. The Hall–Kier alpha value is -4.15. The van der Waals surface area contributed by atoms with Crippen LogP contribution < -0.4 is 16.4 Å². The van der Waals surface area contributed by atoms with Crippen LogP contribution in [0.4, 0.5) is 46.4 Å². The molecule has 0 aliphatic carbocycles. The van der Waals surface area contributed by atoms with E-state index in [1.54, 1.807) is 0 Å². The van der Waals surface area contributed by atoms with Crippen molar-refractivity contribution in [2.24, 2.45) is 0 Å². The normalized spacial score (nSPS) is 11.4. The molecule has 0 aliphatic rings. The number of rotatable bonds is 5. The molecule has 0 atom stereocenters. The minimum absolute atomic E-state index is 0.0442. The molecule has 2 aromatic carbocycles. The lowest BCUT2D eigenvalue weighted by molar-refractivity contribution is -0.137. The number of benzene rings is 2. The lowest BCUT2D eigenvalue weighted by Crippen LogP contribution is -2.05. The summed E-state index contributed by atoms with van der Waals surface area (Å²) in [6, 6.07) is 8.43. The van der Waals surface area contributed by atoms with Gasteiger partial charge in [0.1, 0.15) is 23.6 Å². The fourth-order valence-electron chi connectivity index (χ4n) is 2.75. The zero-order valence-corrected chi connectivity index (χ0v) is 15.6. The van der Waals surface area contributed by atoms with E-state index in [1.165, 1.54) is 49.0 Å². The van der Waals surface area contributed by atoms with Gasteiger partial charge in [0.25, 0.3) is 0 Å². The van der Waals surface area contributed by atoms with Crippen LogP contribution in [0, 0.1) is 5.82 Å². The molecule has 2 aromatic heterocycles. The molecule has 0 spiro atoms. The van der Waals surface area contributed by atoms with Gasteiger partial charge in [-0.05, 0) is 35.9 Å². The molecule has 4 rings (SSSR count). The van der Waals surface area contributed by atoms with Crippen LogP contribution >= 0.6 is 0 Å². The van der Waals surface area contributed by atoms with Crippen molar-refractivity contribution in [3.63, 3.8) is 0 Å². The van der Waals surface area contributed by atoms with Crippen molar-refractivity contribution in [3.05, 3.63) is 72.5 Å². The summed E-state index contributed by atoms with van der Waals surface area (Å²) in [6.45, 7) is 0. The zero-order valence-electron chi connectivity index (χ0n) is 15.6. The Morgan fingerprint density at radius 3 is 2.42 bits per heavy atom. The third kappa shape index (κ3) is 4.55. The van der Waals surface area contributed by atoms with Crippen molar-refractivity contribution in [3.8, 4) is 11.1 Å². The number of hydrogen-bond donors (Lipinski definition) is 3. The molecule has 0 amide bonds. The van der Waals surface area contributed by atoms with Crippen LogP contribution in [-0.4, -0.2) is 15.1 Å². The first-order valence-electron chi connectivity index (χ1n) is 8.83. The van der Waals surface area contributed by atoms with Crippen LogP contribution in [0.2, 0.25) is 0 Å². The average Bonchev–Trinajstić information content (AvgIpc) is 3.23. The van der Waals surface area contributed by atoms with Crippen molar-refractivity contribution >= 4 is 28.8 Å². The van der Waals surface area contributed by atoms with Crippen molar-refractivity contribution in [1.29, 1.82) is 0 Å². The summed E-state index contributed by atoms with van der Waals surface area (Å²) in [5.41, 5.74) is 6.53. The molecule has 0 aliphatic heterocycles. The van der Waals surface area contributed by atoms with Crippen molar-refractivity contribution in [2.75, 3.05) is 16.4 Å².